The zero-order valence-electron chi connectivity index (χ0n) is 18.6. The fourth-order valence-corrected chi connectivity index (χ4v) is 4.71. The molecule has 0 spiro atoms. The minimum atomic E-state index is -1.01. The van der Waals surface area contributed by atoms with Crippen LogP contribution in [-0.2, 0) is 16.7 Å². The van der Waals surface area contributed by atoms with E-state index in [0.29, 0.717) is 23.4 Å². The van der Waals surface area contributed by atoms with Crippen molar-refractivity contribution in [3.63, 3.8) is 0 Å². The van der Waals surface area contributed by atoms with Crippen LogP contribution < -0.4 is 5.32 Å². The van der Waals surface area contributed by atoms with Crippen LogP contribution in [0, 0.1) is 18.6 Å². The Morgan fingerprint density at radius 2 is 2.03 bits per heavy atom. The second-order valence-electron chi connectivity index (χ2n) is 8.91. The smallest absolute Gasteiger partial charge is 0.407 e. The molecule has 1 atom stereocenters. The number of amides is 1. The molecule has 5 rings (SSSR count). The molecule has 3 heterocycles. The molecule has 1 amide bonds. The van der Waals surface area contributed by atoms with Gasteiger partial charge in [0.1, 0.15) is 17.3 Å². The zero-order valence-corrected chi connectivity index (χ0v) is 18.6. The number of carbonyl (C=O) groups is 1. The number of aryl methyl sites for hydroxylation is 1. The van der Waals surface area contributed by atoms with Gasteiger partial charge in [-0.1, -0.05) is 0 Å². The van der Waals surface area contributed by atoms with Gasteiger partial charge < -0.3 is 24.5 Å². The molecule has 1 aliphatic heterocycles. The highest BCUT2D eigenvalue weighted by Gasteiger charge is 2.43. The average Bonchev–Trinajstić information content (AvgIpc) is 3.52. The Hall–Kier alpha value is -3.04. The SMILES string of the molecule is CNC1(c2cc(F)c(-c3nc4cc(C)ccn4c3CC3CN(C(=O)O)CCO3)c(F)c2)CC1. The maximum atomic E-state index is 15.4. The predicted molar refractivity (Wildman–Crippen MR) is 118 cm³/mol. The van der Waals surface area contributed by atoms with Gasteiger partial charge in [0.15, 0.2) is 0 Å². The van der Waals surface area contributed by atoms with Crippen LogP contribution in [0.4, 0.5) is 13.6 Å². The van der Waals surface area contributed by atoms with Gasteiger partial charge in [-0.05, 0) is 62.2 Å². The third kappa shape index (κ3) is 3.85. The van der Waals surface area contributed by atoms with Crippen LogP contribution in [0.2, 0.25) is 0 Å². The fraction of sp³-hybridized carbons (Fsp3) is 0.417. The van der Waals surface area contributed by atoms with Crippen molar-refractivity contribution in [2.45, 2.75) is 37.8 Å². The number of hydrogen-bond donors (Lipinski definition) is 2. The standard InChI is InChI=1S/C24H26F2N4O3/c1-14-3-6-30-19(12-16-13-29(23(31)32)7-8-33-16)22(28-20(30)9-14)21-17(25)10-15(11-18(21)26)24(27-2)4-5-24/h3,6,9-11,16,27H,4-5,7-8,12-13H2,1-2H3,(H,31,32). The first-order chi connectivity index (χ1) is 15.8. The summed E-state index contributed by atoms with van der Waals surface area (Å²) in [6, 6.07) is 6.53. The monoisotopic (exact) mass is 456 g/mol. The van der Waals surface area contributed by atoms with Gasteiger partial charge in [0.2, 0.25) is 0 Å². The lowest BCUT2D eigenvalue weighted by Gasteiger charge is -2.31. The van der Waals surface area contributed by atoms with E-state index in [2.05, 4.69) is 10.3 Å². The van der Waals surface area contributed by atoms with E-state index >= 15 is 8.78 Å². The predicted octanol–water partition coefficient (Wildman–Crippen LogP) is 3.72. The van der Waals surface area contributed by atoms with Gasteiger partial charge in [0, 0.05) is 24.7 Å². The van der Waals surface area contributed by atoms with E-state index < -0.39 is 23.8 Å². The summed E-state index contributed by atoms with van der Waals surface area (Å²) in [5.74, 6) is -1.32. The Morgan fingerprint density at radius 1 is 1.30 bits per heavy atom. The van der Waals surface area contributed by atoms with Crippen LogP contribution in [-0.4, -0.2) is 58.3 Å². The molecule has 1 saturated carbocycles. The quantitative estimate of drug-likeness (QED) is 0.612. The van der Waals surface area contributed by atoms with E-state index in [9.17, 15) is 9.90 Å². The lowest BCUT2D eigenvalue weighted by molar-refractivity contribution is -0.0214. The van der Waals surface area contributed by atoms with Gasteiger partial charge >= 0.3 is 6.09 Å². The van der Waals surface area contributed by atoms with E-state index in [1.165, 1.54) is 17.0 Å². The molecular formula is C24H26F2N4O3. The molecule has 0 radical (unpaired) electrons. The van der Waals surface area contributed by atoms with Crippen molar-refractivity contribution in [1.29, 1.82) is 0 Å². The molecule has 2 N–H and O–H groups in total. The summed E-state index contributed by atoms with van der Waals surface area (Å²) in [4.78, 5) is 17.3. The lowest BCUT2D eigenvalue weighted by Crippen LogP contribution is -2.45. The first kappa shape index (κ1) is 21.8. The fourth-order valence-electron chi connectivity index (χ4n) is 4.71. The molecule has 7 nitrogen and oxygen atoms in total. The molecule has 1 unspecified atom stereocenters. The van der Waals surface area contributed by atoms with E-state index in [1.54, 1.807) is 11.4 Å². The first-order valence-corrected chi connectivity index (χ1v) is 11.1. The minimum Gasteiger partial charge on any atom is -0.465 e. The third-order valence-corrected chi connectivity index (χ3v) is 6.77. The second-order valence-corrected chi connectivity index (χ2v) is 8.91. The van der Waals surface area contributed by atoms with Crippen LogP contribution >= 0.6 is 0 Å². The van der Waals surface area contributed by atoms with Gasteiger partial charge in [-0.15, -0.1) is 0 Å². The molecule has 3 aromatic rings. The highest BCUT2D eigenvalue weighted by molar-refractivity contribution is 5.69. The maximum Gasteiger partial charge on any atom is 0.407 e. The topological polar surface area (TPSA) is 79.1 Å². The first-order valence-electron chi connectivity index (χ1n) is 11.1. The number of halogens is 2. The number of benzene rings is 1. The van der Waals surface area contributed by atoms with Crippen LogP contribution in [0.5, 0.6) is 0 Å². The molecule has 1 aliphatic carbocycles. The molecule has 2 aromatic heterocycles. The van der Waals surface area contributed by atoms with Gasteiger partial charge in [0.25, 0.3) is 0 Å². The molecule has 0 bridgehead atoms. The van der Waals surface area contributed by atoms with Crippen molar-refractivity contribution < 1.29 is 23.4 Å². The molecule has 33 heavy (non-hydrogen) atoms. The summed E-state index contributed by atoms with van der Waals surface area (Å²) in [7, 11) is 1.80. The van der Waals surface area contributed by atoms with Gasteiger partial charge in [-0.3, -0.25) is 0 Å². The van der Waals surface area contributed by atoms with Crippen molar-refractivity contribution in [3.05, 3.63) is 58.9 Å². The van der Waals surface area contributed by atoms with Crippen LogP contribution in [0.15, 0.2) is 30.5 Å². The van der Waals surface area contributed by atoms with E-state index in [4.69, 9.17) is 4.74 Å². The van der Waals surface area contributed by atoms with E-state index in [1.807, 2.05) is 25.3 Å². The van der Waals surface area contributed by atoms with Crippen molar-refractivity contribution in [2.75, 3.05) is 26.7 Å². The minimum absolute atomic E-state index is 0.173. The van der Waals surface area contributed by atoms with Crippen molar-refractivity contribution in [1.82, 2.24) is 19.6 Å². The molecule has 1 saturated heterocycles. The summed E-state index contributed by atoms with van der Waals surface area (Å²) < 4.78 is 38.4. The number of rotatable bonds is 5. The summed E-state index contributed by atoms with van der Waals surface area (Å²) in [6.45, 7) is 2.67. The largest absolute Gasteiger partial charge is 0.465 e. The summed E-state index contributed by atoms with van der Waals surface area (Å²) in [5.41, 5.74) is 2.40. The second kappa shape index (κ2) is 8.07. The molecule has 1 aromatic carbocycles. The van der Waals surface area contributed by atoms with Crippen molar-refractivity contribution >= 4 is 11.7 Å². The van der Waals surface area contributed by atoms with E-state index in [0.717, 1.165) is 18.4 Å². The number of aromatic nitrogens is 2. The number of fused-ring (bicyclic) bond motifs is 1. The lowest BCUT2D eigenvalue weighted by atomic mass is 9.98. The number of carboxylic acid groups (broad SMARTS) is 1. The number of ether oxygens (including phenoxy) is 1. The zero-order chi connectivity index (χ0) is 23.3. The highest BCUT2D eigenvalue weighted by atomic mass is 19.1. The Kier molecular flexibility index (Phi) is 5.33. The maximum absolute atomic E-state index is 15.4. The summed E-state index contributed by atoms with van der Waals surface area (Å²) in [6.07, 6.45) is 2.30. The number of nitrogens with one attached hydrogen (secondary N) is 1. The van der Waals surface area contributed by atoms with Crippen molar-refractivity contribution in [2.24, 2.45) is 0 Å². The van der Waals surface area contributed by atoms with Crippen molar-refractivity contribution in [3.8, 4) is 11.3 Å². The molecule has 2 fully saturated rings. The molecule has 9 heteroatoms. The normalized spacial score (nSPS) is 19.8. The van der Waals surface area contributed by atoms with E-state index in [-0.39, 0.29) is 36.4 Å². The Bertz CT molecular complexity index is 1210. The van der Waals surface area contributed by atoms with Gasteiger partial charge in [-0.2, -0.15) is 0 Å². The number of morpholine rings is 1. The Morgan fingerprint density at radius 3 is 2.67 bits per heavy atom. The van der Waals surface area contributed by atoms with Crippen LogP contribution in [0.3, 0.4) is 0 Å². The Balaban J connectivity index is 1.59. The summed E-state index contributed by atoms with van der Waals surface area (Å²) >= 11 is 0. The number of pyridine rings is 1. The van der Waals surface area contributed by atoms with Crippen LogP contribution in [0.1, 0.15) is 29.7 Å². The molecule has 2 aliphatic rings. The highest BCUT2D eigenvalue weighted by Crippen LogP contribution is 2.46. The summed E-state index contributed by atoms with van der Waals surface area (Å²) in [5, 5.41) is 12.5. The Labute approximate surface area is 190 Å². The number of hydrogen-bond acceptors (Lipinski definition) is 4. The van der Waals surface area contributed by atoms with Gasteiger partial charge in [0.05, 0.1) is 36.2 Å². The van der Waals surface area contributed by atoms with Crippen LogP contribution in [0.25, 0.3) is 16.9 Å². The average molecular weight is 456 g/mol. The molecule has 174 valence electrons. The molecular weight excluding hydrogens is 430 g/mol. The number of imidazole rings is 1. The number of nitrogens with zero attached hydrogens (tertiary/aromatic N) is 3. The third-order valence-electron chi connectivity index (χ3n) is 6.77. The van der Waals surface area contributed by atoms with Gasteiger partial charge in [-0.25, -0.2) is 18.6 Å².